The zero-order valence-electron chi connectivity index (χ0n) is 11.5. The molecule has 1 aliphatic rings. The van der Waals surface area contributed by atoms with E-state index in [1.54, 1.807) is 12.5 Å². The standard InChI is InChI=1S/C14H18N6/c1-11-2-3-14(19-18-11)20-8-5-12(6-9-20)17-13-4-7-15-10-16-13/h2-4,7,10,12H,5-6,8-9H2,1H3,(H,15,16,17). The normalized spacial score (nSPS) is 16.1. The molecule has 0 bridgehead atoms. The average molecular weight is 270 g/mol. The van der Waals surface area contributed by atoms with Crippen molar-refractivity contribution < 1.29 is 0 Å². The zero-order valence-corrected chi connectivity index (χ0v) is 11.5. The summed E-state index contributed by atoms with van der Waals surface area (Å²) in [5.41, 5.74) is 0.953. The number of hydrogen-bond acceptors (Lipinski definition) is 6. The van der Waals surface area contributed by atoms with Crippen molar-refractivity contribution in [3.63, 3.8) is 0 Å². The molecule has 0 amide bonds. The van der Waals surface area contributed by atoms with Crippen molar-refractivity contribution in [3.05, 3.63) is 36.4 Å². The van der Waals surface area contributed by atoms with E-state index in [0.717, 1.165) is 43.3 Å². The van der Waals surface area contributed by atoms with E-state index >= 15 is 0 Å². The lowest BCUT2D eigenvalue weighted by Gasteiger charge is -2.33. The fourth-order valence-electron chi connectivity index (χ4n) is 2.40. The lowest BCUT2D eigenvalue weighted by Crippen LogP contribution is -2.39. The van der Waals surface area contributed by atoms with Crippen LogP contribution in [0.4, 0.5) is 11.6 Å². The molecule has 20 heavy (non-hydrogen) atoms. The molecule has 6 nitrogen and oxygen atoms in total. The number of rotatable bonds is 3. The summed E-state index contributed by atoms with van der Waals surface area (Å²) in [5.74, 6) is 1.87. The first-order valence-corrected chi connectivity index (χ1v) is 6.89. The van der Waals surface area contributed by atoms with Crippen LogP contribution in [0, 0.1) is 6.92 Å². The molecule has 1 N–H and O–H groups in total. The highest BCUT2D eigenvalue weighted by atomic mass is 15.3. The van der Waals surface area contributed by atoms with Crippen LogP contribution in [0.15, 0.2) is 30.7 Å². The van der Waals surface area contributed by atoms with Gasteiger partial charge >= 0.3 is 0 Å². The van der Waals surface area contributed by atoms with Gasteiger partial charge in [-0.05, 0) is 38.0 Å². The third-order valence-corrected chi connectivity index (χ3v) is 3.54. The smallest absolute Gasteiger partial charge is 0.151 e. The van der Waals surface area contributed by atoms with Gasteiger partial charge in [-0.3, -0.25) is 0 Å². The summed E-state index contributed by atoms with van der Waals surface area (Å²) in [7, 11) is 0. The summed E-state index contributed by atoms with van der Waals surface area (Å²) in [6.45, 7) is 3.93. The molecule has 2 aromatic heterocycles. The van der Waals surface area contributed by atoms with Crippen LogP contribution in [0.25, 0.3) is 0 Å². The van der Waals surface area contributed by atoms with Crippen LogP contribution in [0.3, 0.4) is 0 Å². The summed E-state index contributed by atoms with van der Waals surface area (Å²) >= 11 is 0. The van der Waals surface area contributed by atoms with Crippen LogP contribution in [-0.4, -0.2) is 39.3 Å². The summed E-state index contributed by atoms with van der Waals surface area (Å²) in [4.78, 5) is 10.4. The first kappa shape index (κ1) is 12.8. The molecule has 0 spiro atoms. The molecule has 3 rings (SSSR count). The Morgan fingerprint density at radius 3 is 2.65 bits per heavy atom. The van der Waals surface area contributed by atoms with Gasteiger partial charge in [-0.15, -0.1) is 5.10 Å². The number of aromatic nitrogens is 4. The number of piperidine rings is 1. The van der Waals surface area contributed by atoms with Gasteiger partial charge in [-0.25, -0.2) is 9.97 Å². The number of hydrogen-bond donors (Lipinski definition) is 1. The quantitative estimate of drug-likeness (QED) is 0.915. The first-order valence-electron chi connectivity index (χ1n) is 6.89. The largest absolute Gasteiger partial charge is 0.367 e. The van der Waals surface area contributed by atoms with Crippen LogP contribution < -0.4 is 10.2 Å². The van der Waals surface area contributed by atoms with Gasteiger partial charge in [0, 0.05) is 25.3 Å². The zero-order chi connectivity index (χ0) is 13.8. The van der Waals surface area contributed by atoms with Crippen LogP contribution in [0.2, 0.25) is 0 Å². The lowest BCUT2D eigenvalue weighted by atomic mass is 10.1. The summed E-state index contributed by atoms with van der Waals surface area (Å²) in [6, 6.07) is 6.41. The fraction of sp³-hybridized carbons (Fsp3) is 0.429. The van der Waals surface area contributed by atoms with Crippen molar-refractivity contribution in [1.29, 1.82) is 0 Å². The predicted molar refractivity (Wildman–Crippen MR) is 77.7 cm³/mol. The topological polar surface area (TPSA) is 66.8 Å². The van der Waals surface area contributed by atoms with E-state index in [1.165, 1.54) is 0 Å². The molecule has 0 aromatic carbocycles. The molecular formula is C14H18N6. The summed E-state index contributed by atoms with van der Waals surface area (Å²) in [5, 5.41) is 11.8. The number of nitrogens with one attached hydrogen (secondary N) is 1. The maximum absolute atomic E-state index is 4.25. The highest BCUT2D eigenvalue weighted by Crippen LogP contribution is 2.19. The molecule has 0 radical (unpaired) electrons. The van der Waals surface area contributed by atoms with Gasteiger partial charge < -0.3 is 10.2 Å². The van der Waals surface area contributed by atoms with Gasteiger partial charge in [-0.1, -0.05) is 0 Å². The highest BCUT2D eigenvalue weighted by Gasteiger charge is 2.20. The van der Waals surface area contributed by atoms with Gasteiger partial charge in [0.25, 0.3) is 0 Å². The Labute approximate surface area is 118 Å². The molecule has 3 heterocycles. The second kappa shape index (κ2) is 5.81. The summed E-state index contributed by atoms with van der Waals surface area (Å²) in [6.07, 6.45) is 5.46. The van der Waals surface area contributed by atoms with Gasteiger partial charge in [-0.2, -0.15) is 5.10 Å². The first-order chi connectivity index (χ1) is 9.81. The molecule has 0 unspecified atom stereocenters. The Balaban J connectivity index is 1.55. The minimum atomic E-state index is 0.458. The van der Waals surface area contributed by atoms with Crippen LogP contribution in [-0.2, 0) is 0 Å². The van der Waals surface area contributed by atoms with Crippen LogP contribution in [0.5, 0.6) is 0 Å². The van der Waals surface area contributed by atoms with Crippen LogP contribution >= 0.6 is 0 Å². The minimum Gasteiger partial charge on any atom is -0.367 e. The molecule has 0 atom stereocenters. The van der Waals surface area contributed by atoms with Crippen LogP contribution in [0.1, 0.15) is 18.5 Å². The number of nitrogens with zero attached hydrogens (tertiary/aromatic N) is 5. The Bertz CT molecular complexity index is 533. The second-order valence-corrected chi connectivity index (χ2v) is 5.03. The van der Waals surface area contributed by atoms with Crippen molar-refractivity contribution >= 4 is 11.6 Å². The Morgan fingerprint density at radius 1 is 1.15 bits per heavy atom. The van der Waals surface area contributed by atoms with Gasteiger partial charge in [0.1, 0.15) is 12.1 Å². The van der Waals surface area contributed by atoms with Crippen molar-refractivity contribution in [3.8, 4) is 0 Å². The van der Waals surface area contributed by atoms with Gasteiger partial charge in [0.2, 0.25) is 0 Å². The average Bonchev–Trinajstić information content (AvgIpc) is 2.50. The minimum absolute atomic E-state index is 0.458. The molecule has 0 saturated carbocycles. The maximum Gasteiger partial charge on any atom is 0.151 e. The summed E-state index contributed by atoms with van der Waals surface area (Å²) < 4.78 is 0. The highest BCUT2D eigenvalue weighted by molar-refractivity contribution is 5.39. The predicted octanol–water partition coefficient (Wildman–Crippen LogP) is 1.66. The van der Waals surface area contributed by atoms with Crippen molar-refractivity contribution in [2.24, 2.45) is 0 Å². The van der Waals surface area contributed by atoms with E-state index in [-0.39, 0.29) is 0 Å². The maximum atomic E-state index is 4.25. The molecule has 1 fully saturated rings. The van der Waals surface area contributed by atoms with Gasteiger partial charge in [0.15, 0.2) is 5.82 Å². The SMILES string of the molecule is Cc1ccc(N2CCC(Nc3ccncn3)CC2)nn1. The Hall–Kier alpha value is -2.24. The third-order valence-electron chi connectivity index (χ3n) is 3.54. The van der Waals surface area contributed by atoms with E-state index in [4.69, 9.17) is 0 Å². The monoisotopic (exact) mass is 270 g/mol. The van der Waals surface area contributed by atoms with E-state index in [0.29, 0.717) is 6.04 Å². The third kappa shape index (κ3) is 3.01. The molecule has 104 valence electrons. The van der Waals surface area contributed by atoms with E-state index in [2.05, 4.69) is 30.4 Å². The number of aryl methyl sites for hydroxylation is 1. The second-order valence-electron chi connectivity index (χ2n) is 5.03. The molecule has 2 aromatic rings. The van der Waals surface area contributed by atoms with E-state index in [1.807, 2.05) is 25.1 Å². The Kier molecular flexibility index (Phi) is 3.71. The molecule has 6 heteroatoms. The Morgan fingerprint density at radius 2 is 2.00 bits per heavy atom. The van der Waals surface area contributed by atoms with Gasteiger partial charge in [0.05, 0.1) is 5.69 Å². The fourth-order valence-corrected chi connectivity index (χ4v) is 2.40. The molecular weight excluding hydrogens is 252 g/mol. The molecule has 1 saturated heterocycles. The van der Waals surface area contributed by atoms with Crippen molar-refractivity contribution in [2.45, 2.75) is 25.8 Å². The van der Waals surface area contributed by atoms with Crippen molar-refractivity contribution in [2.75, 3.05) is 23.3 Å². The molecule has 1 aliphatic heterocycles. The lowest BCUT2D eigenvalue weighted by molar-refractivity contribution is 0.520. The van der Waals surface area contributed by atoms with E-state index in [9.17, 15) is 0 Å². The van der Waals surface area contributed by atoms with Crippen molar-refractivity contribution in [1.82, 2.24) is 20.2 Å². The molecule has 0 aliphatic carbocycles. The number of anilines is 2. The van der Waals surface area contributed by atoms with E-state index < -0.39 is 0 Å².